The number of rotatable bonds is 18. The molecule has 0 aromatic heterocycles. The van der Waals surface area contributed by atoms with Gasteiger partial charge in [0.05, 0.1) is 37.7 Å². The number of phenols is 2. The smallest absolute Gasteiger partial charge is 0.211 e. The zero-order valence-electron chi connectivity index (χ0n) is 27.4. The molecule has 0 fully saturated rings. The summed E-state index contributed by atoms with van der Waals surface area (Å²) < 4.78 is 10.5. The molecule has 0 unspecified atom stereocenters. The third-order valence-corrected chi connectivity index (χ3v) is 8.10. The Morgan fingerprint density at radius 1 is 0.681 bits per heavy atom. The first-order valence-electron chi connectivity index (χ1n) is 15.7. The fourth-order valence-electron chi connectivity index (χ4n) is 5.39. The summed E-state index contributed by atoms with van der Waals surface area (Å²) in [6.07, 6.45) is 1.27. The van der Waals surface area contributed by atoms with E-state index in [1.807, 2.05) is 48.5 Å². The largest absolute Gasteiger partial charge is 0.506 e. The van der Waals surface area contributed by atoms with Crippen LogP contribution in [0.15, 0.2) is 84.9 Å². The number of carbonyl (C=O) groups is 1. The Morgan fingerprint density at radius 2 is 1.17 bits per heavy atom. The van der Waals surface area contributed by atoms with Crippen molar-refractivity contribution in [2.45, 2.75) is 50.9 Å². The fourth-order valence-corrected chi connectivity index (χ4v) is 5.39. The van der Waals surface area contributed by atoms with Crippen LogP contribution in [0.2, 0.25) is 0 Å². The lowest BCUT2D eigenvalue weighted by atomic mass is 10.0. The number of aliphatic hydroxyl groups is 1. The van der Waals surface area contributed by atoms with Crippen molar-refractivity contribution in [1.82, 2.24) is 10.6 Å². The van der Waals surface area contributed by atoms with Gasteiger partial charge in [-0.2, -0.15) is 0 Å². The predicted molar refractivity (Wildman–Crippen MR) is 186 cm³/mol. The summed E-state index contributed by atoms with van der Waals surface area (Å²) in [4.78, 5) is 11.2. The van der Waals surface area contributed by atoms with E-state index in [2.05, 4.69) is 35.1 Å². The van der Waals surface area contributed by atoms with Crippen LogP contribution in [0.4, 0.5) is 11.4 Å². The SMILES string of the molecule is COc1ccc(C[C@H](C)NC[C@@H](O)c2ccc(O)c(N[C@H](CN[C@@H](C)Cc3ccc(OC)cc3)c3ccc(O)c(NC=O)c3)c2)cc1. The quantitative estimate of drug-likeness (QED) is 0.0567. The van der Waals surface area contributed by atoms with Crippen LogP contribution in [-0.4, -0.2) is 61.1 Å². The van der Waals surface area contributed by atoms with Crippen molar-refractivity contribution in [1.29, 1.82) is 0 Å². The maximum atomic E-state index is 11.2. The van der Waals surface area contributed by atoms with Crippen LogP contribution in [0.25, 0.3) is 0 Å². The van der Waals surface area contributed by atoms with Crippen LogP contribution >= 0.6 is 0 Å². The van der Waals surface area contributed by atoms with Crippen LogP contribution in [0.5, 0.6) is 23.0 Å². The van der Waals surface area contributed by atoms with Gasteiger partial charge in [0.25, 0.3) is 0 Å². The molecular weight excluding hydrogens is 596 g/mol. The lowest BCUT2D eigenvalue weighted by Gasteiger charge is -2.25. The van der Waals surface area contributed by atoms with Crippen LogP contribution in [0, 0.1) is 0 Å². The van der Waals surface area contributed by atoms with Crippen LogP contribution < -0.4 is 30.7 Å². The molecule has 4 atom stereocenters. The van der Waals surface area contributed by atoms with Crippen molar-refractivity contribution in [2.24, 2.45) is 0 Å². The van der Waals surface area contributed by atoms with Gasteiger partial charge >= 0.3 is 0 Å². The third kappa shape index (κ3) is 10.4. The average molecular weight is 643 g/mol. The second-order valence-electron chi connectivity index (χ2n) is 11.8. The number of aromatic hydroxyl groups is 2. The molecule has 0 spiro atoms. The Morgan fingerprint density at radius 3 is 1.70 bits per heavy atom. The van der Waals surface area contributed by atoms with Gasteiger partial charge in [-0.1, -0.05) is 36.4 Å². The summed E-state index contributed by atoms with van der Waals surface area (Å²) in [5.41, 5.74) is 4.46. The second-order valence-corrected chi connectivity index (χ2v) is 11.8. The minimum atomic E-state index is -0.812. The van der Waals surface area contributed by atoms with Gasteiger partial charge in [0.1, 0.15) is 23.0 Å². The van der Waals surface area contributed by atoms with Gasteiger partial charge in [-0.15, -0.1) is 0 Å². The number of carbonyl (C=O) groups excluding carboxylic acids is 1. The van der Waals surface area contributed by atoms with E-state index in [0.29, 0.717) is 30.8 Å². The standard InChI is InChI=1S/C37H46N4O6/c1-24(17-26-5-11-30(46-3)12-6-26)38-21-34(28-9-15-35(43)32(19-28)40-23-42)41-33-20-29(10-16-36(33)44)37(45)22-39-25(2)18-27-7-13-31(47-4)14-8-27/h5-16,19-20,23-25,34,37-39,41,43-45H,17-18,21-22H2,1-4H3,(H,40,42)/t24-,25-,34+,37+/m0/s1. The van der Waals surface area contributed by atoms with Gasteiger partial charge in [0.2, 0.25) is 6.41 Å². The highest BCUT2D eigenvalue weighted by Gasteiger charge is 2.19. The van der Waals surface area contributed by atoms with Crippen molar-refractivity contribution in [3.8, 4) is 23.0 Å². The Bertz CT molecular complexity index is 1560. The molecule has 1 amide bonds. The molecular formula is C37H46N4O6. The highest BCUT2D eigenvalue weighted by atomic mass is 16.5. The van der Waals surface area contributed by atoms with Crippen molar-refractivity contribution in [2.75, 3.05) is 37.9 Å². The third-order valence-electron chi connectivity index (χ3n) is 8.10. The van der Waals surface area contributed by atoms with Crippen LogP contribution in [0.1, 0.15) is 48.2 Å². The molecule has 0 radical (unpaired) electrons. The number of nitrogens with one attached hydrogen (secondary N) is 4. The fraction of sp³-hybridized carbons (Fsp3) is 0.324. The molecule has 250 valence electrons. The summed E-state index contributed by atoms with van der Waals surface area (Å²) in [6, 6.07) is 25.7. The molecule has 0 bridgehead atoms. The Labute approximate surface area is 276 Å². The number of hydrogen-bond acceptors (Lipinski definition) is 9. The summed E-state index contributed by atoms with van der Waals surface area (Å²) in [5, 5.41) is 45.1. The number of ether oxygens (including phenoxy) is 2. The van der Waals surface area contributed by atoms with E-state index in [1.54, 1.807) is 44.6 Å². The maximum absolute atomic E-state index is 11.2. The molecule has 0 saturated carbocycles. The number of hydrogen-bond donors (Lipinski definition) is 7. The molecule has 0 saturated heterocycles. The molecule has 10 nitrogen and oxygen atoms in total. The predicted octanol–water partition coefficient (Wildman–Crippen LogP) is 5.31. The lowest BCUT2D eigenvalue weighted by molar-refractivity contribution is -0.105. The molecule has 4 rings (SSSR count). The number of methoxy groups -OCH3 is 2. The van der Waals surface area contributed by atoms with Crippen molar-refractivity contribution in [3.63, 3.8) is 0 Å². The maximum Gasteiger partial charge on any atom is 0.211 e. The monoisotopic (exact) mass is 642 g/mol. The summed E-state index contributed by atoms with van der Waals surface area (Å²) in [7, 11) is 3.28. The van der Waals surface area contributed by atoms with Gasteiger partial charge < -0.3 is 46.1 Å². The van der Waals surface area contributed by atoms with E-state index in [1.165, 1.54) is 6.07 Å². The molecule has 4 aromatic rings. The zero-order valence-corrected chi connectivity index (χ0v) is 27.4. The van der Waals surface area contributed by atoms with E-state index in [0.717, 1.165) is 41.0 Å². The molecule has 0 aliphatic carbocycles. The van der Waals surface area contributed by atoms with Gasteiger partial charge in [-0.05, 0) is 97.5 Å². The summed E-state index contributed by atoms with van der Waals surface area (Å²) in [6.45, 7) is 4.95. The normalized spacial score (nSPS) is 13.6. The Balaban J connectivity index is 1.46. The summed E-state index contributed by atoms with van der Waals surface area (Å²) >= 11 is 0. The van der Waals surface area contributed by atoms with Crippen LogP contribution in [0.3, 0.4) is 0 Å². The number of phenolic OH excluding ortho intramolecular Hbond substituents is 2. The number of aliphatic hydroxyl groups excluding tert-OH is 1. The molecule has 0 aliphatic rings. The average Bonchev–Trinajstić information content (AvgIpc) is 3.08. The van der Waals surface area contributed by atoms with E-state index in [4.69, 9.17) is 9.47 Å². The number of amides is 1. The first kappa shape index (κ1) is 35.1. The zero-order chi connectivity index (χ0) is 33.8. The minimum Gasteiger partial charge on any atom is -0.506 e. The summed E-state index contributed by atoms with van der Waals surface area (Å²) in [5.74, 6) is 1.59. The second kappa shape index (κ2) is 17.2. The van der Waals surface area contributed by atoms with Gasteiger partial charge in [-0.25, -0.2) is 0 Å². The molecule has 0 heterocycles. The van der Waals surface area contributed by atoms with E-state index >= 15 is 0 Å². The molecule has 10 heteroatoms. The van der Waals surface area contributed by atoms with Gasteiger partial charge in [0, 0.05) is 25.2 Å². The number of benzene rings is 4. The number of anilines is 2. The molecule has 4 aromatic carbocycles. The lowest BCUT2D eigenvalue weighted by Crippen LogP contribution is -2.34. The minimum absolute atomic E-state index is 0.0306. The van der Waals surface area contributed by atoms with E-state index in [-0.39, 0.29) is 35.3 Å². The highest BCUT2D eigenvalue weighted by molar-refractivity contribution is 5.75. The molecule has 7 N–H and O–H groups in total. The van der Waals surface area contributed by atoms with Crippen molar-refractivity contribution in [3.05, 3.63) is 107 Å². The molecule has 0 aliphatic heterocycles. The highest BCUT2D eigenvalue weighted by Crippen LogP contribution is 2.33. The van der Waals surface area contributed by atoms with E-state index < -0.39 is 6.10 Å². The van der Waals surface area contributed by atoms with Crippen molar-refractivity contribution < 1.29 is 29.6 Å². The first-order chi connectivity index (χ1) is 22.7. The Hall–Kier alpha value is -4.77. The van der Waals surface area contributed by atoms with Crippen molar-refractivity contribution >= 4 is 17.8 Å². The van der Waals surface area contributed by atoms with Crippen LogP contribution in [-0.2, 0) is 17.6 Å². The Kier molecular flexibility index (Phi) is 12.9. The first-order valence-corrected chi connectivity index (χ1v) is 15.7. The van der Waals surface area contributed by atoms with Gasteiger partial charge in [0.15, 0.2) is 0 Å². The topological polar surface area (TPSA) is 144 Å². The van der Waals surface area contributed by atoms with Gasteiger partial charge in [-0.3, -0.25) is 4.79 Å². The molecule has 47 heavy (non-hydrogen) atoms. The van der Waals surface area contributed by atoms with E-state index in [9.17, 15) is 20.1 Å².